The standard InChI is InChI=1S/C10H10N.C10H8N.C9H9NO.Al/c2*1-8-4-2-5-9-6-3-7-11-10(8)9;11-8-5-1-3-7-4-2-6-10-9(7)8;/h3-4,6-7H,1-2,5H2;2-7H,1H2;1,3,5-6,11H,2,4H2;/q;;;+1/p-1. The highest BCUT2D eigenvalue weighted by Crippen LogP contribution is 2.36. The van der Waals surface area contributed by atoms with Gasteiger partial charge in [-0.25, -0.2) is 0 Å². The summed E-state index contributed by atoms with van der Waals surface area (Å²) in [5, 5.41) is 3.01. The van der Waals surface area contributed by atoms with Gasteiger partial charge in [0, 0.05) is 24.0 Å². The number of pyridine rings is 2. The first-order valence-corrected chi connectivity index (χ1v) is 14.2. The Kier molecular flexibility index (Phi) is 5.97. The van der Waals surface area contributed by atoms with Crippen molar-refractivity contribution in [1.82, 2.24) is 9.97 Å². The Bertz CT molecular complexity index is 1410. The van der Waals surface area contributed by atoms with E-state index in [1.165, 1.54) is 27.6 Å². The van der Waals surface area contributed by atoms with Crippen molar-refractivity contribution in [2.45, 2.75) is 36.2 Å². The summed E-state index contributed by atoms with van der Waals surface area (Å²) in [7, 11) is 0. The molecule has 6 rings (SSSR count). The minimum Gasteiger partial charge on any atom is -0.641 e. The molecule has 0 amide bonds. The van der Waals surface area contributed by atoms with Crippen LogP contribution >= 0.6 is 0 Å². The molecule has 1 aliphatic heterocycles. The maximum absolute atomic E-state index is 6.91. The van der Waals surface area contributed by atoms with Crippen LogP contribution in [0.15, 0.2) is 84.1 Å². The van der Waals surface area contributed by atoms with Gasteiger partial charge in [0.15, 0.2) is 0 Å². The molecule has 3 heterocycles. The van der Waals surface area contributed by atoms with Gasteiger partial charge in [-0.2, -0.15) is 0 Å². The molecule has 0 saturated heterocycles. The molecule has 2 aromatic heterocycles. The van der Waals surface area contributed by atoms with Crippen LogP contribution in [0.2, 0.25) is 5.28 Å². The zero-order chi connectivity index (χ0) is 22.7. The lowest BCUT2D eigenvalue weighted by Crippen LogP contribution is -2.27. The van der Waals surface area contributed by atoms with Gasteiger partial charge in [0.25, 0.3) is 0 Å². The van der Waals surface area contributed by atoms with Crippen LogP contribution in [0.3, 0.4) is 0 Å². The molecule has 0 unspecified atom stereocenters. The molecule has 4 nitrogen and oxygen atoms in total. The van der Waals surface area contributed by atoms with Gasteiger partial charge < -0.3 is 3.79 Å². The van der Waals surface area contributed by atoms with Gasteiger partial charge in [-0.1, -0.05) is 48.5 Å². The predicted octanol–water partition coefficient (Wildman–Crippen LogP) is 6.46. The van der Waals surface area contributed by atoms with Crippen molar-refractivity contribution in [2.24, 2.45) is 4.99 Å². The molecule has 0 radical (unpaired) electrons. The van der Waals surface area contributed by atoms with Gasteiger partial charge in [-0.15, -0.1) is 0 Å². The van der Waals surface area contributed by atoms with E-state index in [-0.39, 0.29) is 0 Å². The van der Waals surface area contributed by atoms with Crippen molar-refractivity contribution in [1.29, 1.82) is 0 Å². The van der Waals surface area contributed by atoms with Crippen molar-refractivity contribution < 1.29 is 3.79 Å². The summed E-state index contributed by atoms with van der Waals surface area (Å²) >= 11 is -1.80. The summed E-state index contributed by atoms with van der Waals surface area (Å²) in [4.78, 5) is 14.2. The molecule has 2 aromatic carbocycles. The van der Waals surface area contributed by atoms with E-state index in [0.29, 0.717) is 0 Å². The minimum atomic E-state index is -1.80. The lowest BCUT2D eigenvalue weighted by molar-refractivity contribution is 0.567. The van der Waals surface area contributed by atoms with E-state index < -0.39 is 14.5 Å². The lowest BCUT2D eigenvalue weighted by atomic mass is 9.96. The van der Waals surface area contributed by atoms with Crippen molar-refractivity contribution >= 4 is 42.9 Å². The summed E-state index contributed by atoms with van der Waals surface area (Å²) in [6.45, 7) is 0. The third kappa shape index (κ3) is 4.30. The first kappa shape index (κ1) is 21.3. The van der Waals surface area contributed by atoms with E-state index in [0.717, 1.165) is 58.9 Å². The fraction of sp³-hybridized carbons (Fsp3) is 0.207. The van der Waals surface area contributed by atoms with Crippen LogP contribution in [0.1, 0.15) is 35.2 Å². The highest BCUT2D eigenvalue weighted by molar-refractivity contribution is 6.54. The third-order valence-corrected chi connectivity index (χ3v) is 9.13. The molecule has 5 heteroatoms. The van der Waals surface area contributed by atoms with Crippen molar-refractivity contribution in [2.75, 3.05) is 0 Å². The molecular weight excluding hydrogens is 433 g/mol. The molecule has 0 fully saturated rings. The number of fused-ring (bicyclic) bond motifs is 3. The van der Waals surface area contributed by atoms with Crippen LogP contribution < -0.4 is 3.79 Å². The van der Waals surface area contributed by atoms with Crippen LogP contribution in [0, 0.1) is 0 Å². The van der Waals surface area contributed by atoms with Gasteiger partial charge in [0.1, 0.15) is 11.4 Å². The van der Waals surface area contributed by atoms with Gasteiger partial charge >= 0.3 is 14.5 Å². The monoisotopic (exact) mass is 459 g/mol. The zero-order valence-corrected chi connectivity index (χ0v) is 20.3. The number of allylic oxidation sites excluding steroid dienone is 2. The molecule has 166 valence electrons. The number of benzene rings is 2. The van der Waals surface area contributed by atoms with Gasteiger partial charge in [0.2, 0.25) is 0 Å². The molecule has 2 aliphatic rings. The predicted molar refractivity (Wildman–Crippen MR) is 140 cm³/mol. The van der Waals surface area contributed by atoms with Crippen LogP contribution in [-0.4, -0.2) is 30.7 Å². The van der Waals surface area contributed by atoms with Gasteiger partial charge in [0.05, 0.1) is 11.2 Å². The maximum atomic E-state index is 6.91. The normalized spacial score (nSPS) is 14.3. The summed E-state index contributed by atoms with van der Waals surface area (Å²) < 4.78 is 6.91. The second-order valence-corrected chi connectivity index (χ2v) is 11.3. The summed E-state index contributed by atoms with van der Waals surface area (Å²) in [6.07, 6.45) is 12.3. The number of para-hydroxylation sites is 2. The number of hydrogen-bond acceptors (Lipinski definition) is 4. The summed E-state index contributed by atoms with van der Waals surface area (Å²) in [5.74, 6) is 0.927. The summed E-state index contributed by atoms with van der Waals surface area (Å²) in [5.41, 5.74) is 8.47. The van der Waals surface area contributed by atoms with Crippen molar-refractivity contribution in [3.05, 3.63) is 102 Å². The molecule has 0 bridgehead atoms. The Morgan fingerprint density at radius 3 is 2.62 bits per heavy atom. The fourth-order valence-corrected chi connectivity index (χ4v) is 7.68. The third-order valence-electron chi connectivity index (χ3n) is 6.75. The van der Waals surface area contributed by atoms with Crippen LogP contribution in [-0.2, 0) is 18.1 Å². The summed E-state index contributed by atoms with van der Waals surface area (Å²) in [6, 6.07) is 21.2. The average molecular weight is 460 g/mol. The highest BCUT2D eigenvalue weighted by atomic mass is 27.2. The van der Waals surface area contributed by atoms with E-state index in [1.807, 2.05) is 30.7 Å². The van der Waals surface area contributed by atoms with Gasteiger partial charge in [-0.3, -0.25) is 15.0 Å². The largest absolute Gasteiger partial charge is 0.641 e. The van der Waals surface area contributed by atoms with E-state index in [2.05, 4.69) is 54.6 Å². The fourth-order valence-electron chi connectivity index (χ4n) is 5.15. The zero-order valence-electron chi connectivity index (χ0n) is 19.2. The Labute approximate surface area is 204 Å². The molecular formula is C29H26AlN3O. The first-order chi connectivity index (χ1) is 16.8. The molecule has 0 spiro atoms. The van der Waals surface area contributed by atoms with E-state index in [9.17, 15) is 0 Å². The van der Waals surface area contributed by atoms with Gasteiger partial charge in [-0.05, 0) is 76.7 Å². The molecule has 4 aromatic rings. The average Bonchev–Trinajstić information content (AvgIpc) is 2.89. The van der Waals surface area contributed by atoms with Crippen LogP contribution in [0.5, 0.6) is 5.75 Å². The number of aromatic nitrogens is 2. The highest BCUT2D eigenvalue weighted by Gasteiger charge is 2.30. The van der Waals surface area contributed by atoms with E-state index in [4.69, 9.17) is 18.7 Å². The number of rotatable bonds is 6. The number of aryl methyl sites for hydroxylation is 2. The van der Waals surface area contributed by atoms with Crippen molar-refractivity contribution in [3.8, 4) is 5.75 Å². The Morgan fingerprint density at radius 1 is 0.794 bits per heavy atom. The van der Waals surface area contributed by atoms with Crippen LogP contribution in [0.25, 0.3) is 16.5 Å². The van der Waals surface area contributed by atoms with E-state index >= 15 is 0 Å². The smallest absolute Gasteiger partial charge is 0.556 e. The Hall–Kier alpha value is -3.26. The minimum absolute atomic E-state index is 0.904. The molecule has 34 heavy (non-hydrogen) atoms. The SMILES string of the molecule is C1=Nc2c(cccc2[O][Al]([CH2]C2=CCCc3cccnc32)[CH2]c2cccc3cccnc23)CC1. The second kappa shape index (κ2) is 9.54. The topological polar surface area (TPSA) is 47.4 Å². The number of aliphatic imine (C=N–C) groups is 1. The van der Waals surface area contributed by atoms with E-state index in [1.54, 1.807) is 0 Å². The number of hydrogen-bond donors (Lipinski definition) is 0. The first-order valence-electron chi connectivity index (χ1n) is 12.1. The Morgan fingerprint density at radius 2 is 1.62 bits per heavy atom. The van der Waals surface area contributed by atoms with Crippen molar-refractivity contribution in [3.63, 3.8) is 0 Å². The molecule has 0 N–H and O–H groups in total. The molecule has 0 saturated carbocycles. The second-order valence-electron chi connectivity index (χ2n) is 9.03. The molecule has 1 aliphatic carbocycles. The quantitative estimate of drug-likeness (QED) is 0.311. The Balaban J connectivity index is 1.37. The maximum Gasteiger partial charge on any atom is 0.556 e. The number of nitrogens with zero attached hydrogens (tertiary/aromatic N) is 3. The van der Waals surface area contributed by atoms with Crippen LogP contribution in [0.4, 0.5) is 5.69 Å². The lowest BCUT2D eigenvalue weighted by Gasteiger charge is -2.23. The molecule has 0 atom stereocenters.